The molecule has 21 heavy (non-hydrogen) atoms. The standard InChI is InChI=1S/C16H21BrClN3/c1-3-14-16(17)15(21(4-2)20-14)9-12(10-19)11-6-5-7-13(18)8-11/h5-8,12H,3-4,9-10,19H2,1-2H3. The van der Waals surface area contributed by atoms with Crippen LogP contribution in [-0.2, 0) is 19.4 Å². The molecule has 0 saturated carbocycles. The van der Waals surface area contributed by atoms with Gasteiger partial charge in [-0.25, -0.2) is 0 Å². The summed E-state index contributed by atoms with van der Waals surface area (Å²) in [6, 6.07) is 7.95. The summed E-state index contributed by atoms with van der Waals surface area (Å²) in [4.78, 5) is 0. The van der Waals surface area contributed by atoms with E-state index >= 15 is 0 Å². The highest BCUT2D eigenvalue weighted by Crippen LogP contribution is 2.29. The number of nitrogens with two attached hydrogens (primary N) is 1. The number of hydrogen-bond donors (Lipinski definition) is 1. The lowest BCUT2D eigenvalue weighted by molar-refractivity contribution is 0.580. The summed E-state index contributed by atoms with van der Waals surface area (Å²) in [5.74, 6) is 0.242. The molecule has 0 amide bonds. The molecule has 0 spiro atoms. The van der Waals surface area contributed by atoms with Crippen molar-refractivity contribution in [3.05, 3.63) is 50.7 Å². The summed E-state index contributed by atoms with van der Waals surface area (Å²) in [6.07, 6.45) is 1.78. The number of benzene rings is 1. The molecule has 1 atom stereocenters. The van der Waals surface area contributed by atoms with Crippen molar-refractivity contribution in [2.24, 2.45) is 5.73 Å². The van der Waals surface area contributed by atoms with E-state index in [0.717, 1.165) is 34.6 Å². The molecule has 114 valence electrons. The Morgan fingerprint density at radius 3 is 2.71 bits per heavy atom. The molecule has 5 heteroatoms. The Morgan fingerprint density at radius 2 is 2.14 bits per heavy atom. The van der Waals surface area contributed by atoms with Gasteiger partial charge in [-0.1, -0.05) is 30.7 Å². The van der Waals surface area contributed by atoms with Gasteiger partial charge in [0.2, 0.25) is 0 Å². The zero-order valence-corrected chi connectivity index (χ0v) is 14.8. The molecular formula is C16H21BrClN3. The van der Waals surface area contributed by atoms with E-state index in [-0.39, 0.29) is 5.92 Å². The van der Waals surface area contributed by atoms with E-state index in [4.69, 9.17) is 17.3 Å². The monoisotopic (exact) mass is 369 g/mol. The van der Waals surface area contributed by atoms with Crippen LogP contribution in [0.1, 0.15) is 36.7 Å². The minimum Gasteiger partial charge on any atom is -0.330 e. The fourth-order valence-electron chi connectivity index (χ4n) is 2.54. The zero-order valence-electron chi connectivity index (χ0n) is 12.4. The quantitative estimate of drug-likeness (QED) is 0.829. The molecule has 0 saturated heterocycles. The third-order valence-electron chi connectivity index (χ3n) is 3.74. The lowest BCUT2D eigenvalue weighted by Crippen LogP contribution is -2.17. The van der Waals surface area contributed by atoms with Crippen LogP contribution in [0.3, 0.4) is 0 Å². The molecule has 1 unspecified atom stereocenters. The van der Waals surface area contributed by atoms with Gasteiger partial charge in [-0.15, -0.1) is 0 Å². The summed E-state index contributed by atoms with van der Waals surface area (Å²) in [6.45, 7) is 5.68. The van der Waals surface area contributed by atoms with Gasteiger partial charge >= 0.3 is 0 Å². The molecule has 1 heterocycles. The first-order chi connectivity index (χ1) is 10.1. The predicted molar refractivity (Wildman–Crippen MR) is 91.9 cm³/mol. The maximum Gasteiger partial charge on any atom is 0.0766 e. The highest BCUT2D eigenvalue weighted by Gasteiger charge is 2.19. The molecule has 0 bridgehead atoms. The van der Waals surface area contributed by atoms with Crippen LogP contribution in [0.5, 0.6) is 0 Å². The van der Waals surface area contributed by atoms with Gasteiger partial charge in [0, 0.05) is 17.5 Å². The van der Waals surface area contributed by atoms with E-state index in [9.17, 15) is 0 Å². The summed E-state index contributed by atoms with van der Waals surface area (Å²) < 4.78 is 3.18. The lowest BCUT2D eigenvalue weighted by atomic mass is 9.94. The largest absolute Gasteiger partial charge is 0.330 e. The highest BCUT2D eigenvalue weighted by molar-refractivity contribution is 9.10. The number of hydrogen-bond acceptors (Lipinski definition) is 2. The van der Waals surface area contributed by atoms with Crippen molar-refractivity contribution >= 4 is 27.5 Å². The first kappa shape index (κ1) is 16.5. The summed E-state index contributed by atoms with van der Waals surface area (Å²) in [7, 11) is 0. The van der Waals surface area contributed by atoms with Gasteiger partial charge < -0.3 is 5.73 Å². The minimum atomic E-state index is 0.242. The van der Waals surface area contributed by atoms with E-state index in [2.05, 4.69) is 45.6 Å². The molecule has 0 aliphatic rings. The molecule has 0 aliphatic carbocycles. The zero-order chi connectivity index (χ0) is 15.4. The van der Waals surface area contributed by atoms with Crippen molar-refractivity contribution in [2.45, 2.75) is 39.2 Å². The van der Waals surface area contributed by atoms with Crippen molar-refractivity contribution in [3.8, 4) is 0 Å². The second kappa shape index (κ2) is 7.43. The van der Waals surface area contributed by atoms with Gasteiger partial charge in [-0.2, -0.15) is 5.10 Å². The lowest BCUT2D eigenvalue weighted by Gasteiger charge is -2.16. The third kappa shape index (κ3) is 3.68. The Balaban J connectivity index is 2.32. The first-order valence-corrected chi connectivity index (χ1v) is 8.47. The minimum absolute atomic E-state index is 0.242. The van der Waals surface area contributed by atoms with Crippen LogP contribution in [0, 0.1) is 0 Å². The molecule has 2 rings (SSSR count). The highest BCUT2D eigenvalue weighted by atomic mass is 79.9. The van der Waals surface area contributed by atoms with Crippen molar-refractivity contribution in [1.82, 2.24) is 9.78 Å². The second-order valence-electron chi connectivity index (χ2n) is 5.07. The van der Waals surface area contributed by atoms with Crippen LogP contribution in [-0.4, -0.2) is 16.3 Å². The van der Waals surface area contributed by atoms with E-state index in [1.807, 2.05) is 18.2 Å². The molecular weight excluding hydrogens is 350 g/mol. The van der Waals surface area contributed by atoms with Crippen LogP contribution in [0.15, 0.2) is 28.7 Å². The number of aryl methyl sites for hydroxylation is 2. The molecule has 2 N–H and O–H groups in total. The molecule has 1 aromatic carbocycles. The summed E-state index contributed by atoms with van der Waals surface area (Å²) in [5.41, 5.74) is 9.49. The van der Waals surface area contributed by atoms with Crippen LogP contribution in [0.2, 0.25) is 5.02 Å². The Kier molecular flexibility index (Phi) is 5.85. The van der Waals surface area contributed by atoms with Gasteiger partial charge in [0.25, 0.3) is 0 Å². The Bertz CT molecular complexity index is 610. The van der Waals surface area contributed by atoms with Crippen molar-refractivity contribution < 1.29 is 0 Å². The average molecular weight is 371 g/mol. The van der Waals surface area contributed by atoms with E-state index in [1.54, 1.807) is 0 Å². The van der Waals surface area contributed by atoms with Gasteiger partial charge in [0.1, 0.15) is 0 Å². The topological polar surface area (TPSA) is 43.8 Å². The van der Waals surface area contributed by atoms with Crippen LogP contribution in [0.4, 0.5) is 0 Å². The summed E-state index contributed by atoms with van der Waals surface area (Å²) in [5, 5.41) is 5.40. The van der Waals surface area contributed by atoms with Gasteiger partial charge in [-0.3, -0.25) is 4.68 Å². The fraction of sp³-hybridized carbons (Fsp3) is 0.438. The number of nitrogens with zero attached hydrogens (tertiary/aromatic N) is 2. The number of halogens is 2. The Morgan fingerprint density at radius 1 is 1.38 bits per heavy atom. The SMILES string of the molecule is CCc1nn(CC)c(CC(CN)c2cccc(Cl)c2)c1Br. The smallest absolute Gasteiger partial charge is 0.0766 e. The molecule has 0 radical (unpaired) electrons. The molecule has 0 aliphatic heterocycles. The fourth-order valence-corrected chi connectivity index (χ4v) is 3.47. The molecule has 2 aromatic rings. The molecule has 3 nitrogen and oxygen atoms in total. The number of rotatable bonds is 6. The van der Waals surface area contributed by atoms with Gasteiger partial charge in [-0.05, 0) is 59.9 Å². The second-order valence-corrected chi connectivity index (χ2v) is 6.30. The molecule has 1 aromatic heterocycles. The van der Waals surface area contributed by atoms with Crippen LogP contribution in [0.25, 0.3) is 0 Å². The van der Waals surface area contributed by atoms with E-state index in [0.29, 0.717) is 6.54 Å². The summed E-state index contributed by atoms with van der Waals surface area (Å²) >= 11 is 9.80. The van der Waals surface area contributed by atoms with Crippen molar-refractivity contribution in [1.29, 1.82) is 0 Å². The molecule has 0 fully saturated rings. The number of aromatic nitrogens is 2. The average Bonchev–Trinajstić information content (AvgIpc) is 2.80. The van der Waals surface area contributed by atoms with Gasteiger partial charge in [0.15, 0.2) is 0 Å². The normalized spacial score (nSPS) is 12.6. The van der Waals surface area contributed by atoms with Gasteiger partial charge in [0.05, 0.1) is 15.9 Å². The van der Waals surface area contributed by atoms with E-state index < -0.39 is 0 Å². The first-order valence-electron chi connectivity index (χ1n) is 7.30. The van der Waals surface area contributed by atoms with Crippen molar-refractivity contribution in [2.75, 3.05) is 6.54 Å². The maximum atomic E-state index is 6.10. The maximum absolute atomic E-state index is 6.10. The Labute approximate surface area is 139 Å². The Hall–Kier alpha value is -0.840. The predicted octanol–water partition coefficient (Wildman–Crippen LogP) is 4.17. The van der Waals surface area contributed by atoms with Crippen LogP contribution < -0.4 is 5.73 Å². The van der Waals surface area contributed by atoms with Crippen molar-refractivity contribution in [3.63, 3.8) is 0 Å². The van der Waals surface area contributed by atoms with Crippen LogP contribution >= 0.6 is 27.5 Å². The van der Waals surface area contributed by atoms with E-state index in [1.165, 1.54) is 11.3 Å². The third-order valence-corrected chi connectivity index (χ3v) is 4.89.